The van der Waals surface area contributed by atoms with E-state index in [4.69, 9.17) is 10.2 Å². The molecule has 0 bridgehead atoms. The van der Waals surface area contributed by atoms with Gasteiger partial charge in [-0.25, -0.2) is 0 Å². The molecule has 0 unspecified atom stereocenters. The van der Waals surface area contributed by atoms with Crippen molar-refractivity contribution in [3.63, 3.8) is 0 Å². The number of rotatable bonds is 3. The highest BCUT2D eigenvalue weighted by atomic mass is 79.9. The third-order valence-electron chi connectivity index (χ3n) is 2.92. The van der Waals surface area contributed by atoms with Gasteiger partial charge < -0.3 is 10.2 Å². The van der Waals surface area contributed by atoms with Gasteiger partial charge in [-0.1, -0.05) is 0 Å². The number of nitrogens with two attached hydrogens (primary N) is 1. The average molecular weight is 329 g/mol. The predicted molar refractivity (Wildman–Crippen MR) is 73.2 cm³/mol. The van der Waals surface area contributed by atoms with E-state index in [9.17, 15) is 0 Å². The van der Waals surface area contributed by atoms with Crippen molar-refractivity contribution < 1.29 is 4.42 Å². The highest BCUT2D eigenvalue weighted by Crippen LogP contribution is 2.30. The Morgan fingerprint density at radius 2 is 2.39 bits per heavy atom. The van der Waals surface area contributed by atoms with E-state index < -0.39 is 0 Å². The van der Waals surface area contributed by atoms with Crippen molar-refractivity contribution in [3.8, 4) is 10.8 Å². The Balaban J connectivity index is 1.70. The average Bonchev–Trinajstić information content (AvgIpc) is 3.01. The van der Waals surface area contributed by atoms with Crippen molar-refractivity contribution in [2.75, 3.05) is 13.1 Å². The van der Waals surface area contributed by atoms with E-state index in [2.05, 4.69) is 31.0 Å². The summed E-state index contributed by atoms with van der Waals surface area (Å²) in [5.41, 5.74) is 5.87. The second-order valence-corrected chi connectivity index (χ2v) is 6.85. The molecule has 2 aromatic heterocycles. The molecular weight excluding hydrogens is 316 g/mol. The molecule has 1 aliphatic heterocycles. The number of aromatic nitrogens is 2. The third kappa shape index (κ3) is 2.64. The first-order valence-electron chi connectivity index (χ1n) is 5.77. The molecule has 1 saturated heterocycles. The summed E-state index contributed by atoms with van der Waals surface area (Å²) in [7, 11) is 0. The van der Waals surface area contributed by atoms with Gasteiger partial charge in [0.15, 0.2) is 0 Å². The standard InChI is InChI=1S/C11H13BrN4OS/c12-9-2-1-8(18-9)11-15-14-10(17-11)6-16-4-3-7(13)5-16/h1-2,7H,3-6,13H2/t7-/m0/s1. The van der Waals surface area contributed by atoms with Gasteiger partial charge in [-0.2, -0.15) is 0 Å². The highest BCUT2D eigenvalue weighted by Gasteiger charge is 2.21. The van der Waals surface area contributed by atoms with Crippen LogP contribution in [0.2, 0.25) is 0 Å². The lowest BCUT2D eigenvalue weighted by molar-refractivity contribution is 0.289. The van der Waals surface area contributed by atoms with Crippen molar-refractivity contribution >= 4 is 27.3 Å². The van der Waals surface area contributed by atoms with Crippen LogP contribution in [0.15, 0.2) is 20.3 Å². The van der Waals surface area contributed by atoms with Crippen LogP contribution in [-0.2, 0) is 6.54 Å². The van der Waals surface area contributed by atoms with Crippen LogP contribution < -0.4 is 5.73 Å². The zero-order valence-corrected chi connectivity index (χ0v) is 12.1. The molecular formula is C11H13BrN4OS. The Hall–Kier alpha value is -0.760. The highest BCUT2D eigenvalue weighted by molar-refractivity contribution is 9.11. The molecule has 2 aromatic rings. The van der Waals surface area contributed by atoms with E-state index in [0.29, 0.717) is 18.3 Å². The molecule has 0 radical (unpaired) electrons. The summed E-state index contributed by atoms with van der Waals surface area (Å²) in [6, 6.07) is 4.22. The molecule has 3 rings (SSSR count). The van der Waals surface area contributed by atoms with Gasteiger partial charge in [0.2, 0.25) is 5.89 Å². The fraction of sp³-hybridized carbons (Fsp3) is 0.455. The first-order valence-corrected chi connectivity index (χ1v) is 7.37. The van der Waals surface area contributed by atoms with Crippen LogP contribution in [-0.4, -0.2) is 34.2 Å². The SMILES string of the molecule is N[C@H]1CCN(Cc2nnc(-c3ccc(Br)s3)o2)C1. The summed E-state index contributed by atoms with van der Waals surface area (Å²) in [5.74, 6) is 1.24. The van der Waals surface area contributed by atoms with E-state index in [1.807, 2.05) is 12.1 Å². The first kappa shape index (κ1) is 12.3. The summed E-state index contributed by atoms with van der Waals surface area (Å²) in [6.07, 6.45) is 1.04. The number of thiophene rings is 1. The normalized spacial score (nSPS) is 20.7. The third-order valence-corrected chi connectivity index (χ3v) is 4.53. The maximum absolute atomic E-state index is 5.87. The van der Waals surface area contributed by atoms with E-state index in [1.54, 1.807) is 11.3 Å². The van der Waals surface area contributed by atoms with Gasteiger partial charge in [-0.05, 0) is 34.5 Å². The predicted octanol–water partition coefficient (Wildman–Crippen LogP) is 2.09. The molecule has 7 heteroatoms. The number of halogens is 1. The van der Waals surface area contributed by atoms with Gasteiger partial charge in [-0.15, -0.1) is 21.5 Å². The summed E-state index contributed by atoms with van der Waals surface area (Å²) in [5, 5.41) is 8.16. The molecule has 1 atom stereocenters. The van der Waals surface area contributed by atoms with Crippen LogP contribution in [0.1, 0.15) is 12.3 Å². The fourth-order valence-corrected chi connectivity index (χ4v) is 3.35. The molecule has 3 heterocycles. The topological polar surface area (TPSA) is 68.2 Å². The van der Waals surface area contributed by atoms with Crippen LogP contribution in [0.3, 0.4) is 0 Å². The molecule has 0 aromatic carbocycles. The summed E-state index contributed by atoms with van der Waals surface area (Å²) in [6.45, 7) is 2.60. The summed E-state index contributed by atoms with van der Waals surface area (Å²) in [4.78, 5) is 3.23. The first-order chi connectivity index (χ1) is 8.70. The van der Waals surface area contributed by atoms with Crippen molar-refractivity contribution in [3.05, 3.63) is 21.8 Å². The quantitative estimate of drug-likeness (QED) is 0.934. The molecule has 2 N–H and O–H groups in total. The van der Waals surface area contributed by atoms with Crippen LogP contribution in [0, 0.1) is 0 Å². The van der Waals surface area contributed by atoms with Gasteiger partial charge in [-0.3, -0.25) is 4.90 Å². The Morgan fingerprint density at radius 3 is 3.06 bits per heavy atom. The van der Waals surface area contributed by atoms with Crippen molar-refractivity contribution in [1.29, 1.82) is 0 Å². The van der Waals surface area contributed by atoms with Crippen molar-refractivity contribution in [2.24, 2.45) is 5.73 Å². The largest absolute Gasteiger partial charge is 0.419 e. The van der Waals surface area contributed by atoms with Gasteiger partial charge in [0.1, 0.15) is 0 Å². The van der Waals surface area contributed by atoms with Gasteiger partial charge >= 0.3 is 0 Å². The van der Waals surface area contributed by atoms with Crippen LogP contribution >= 0.6 is 27.3 Å². The lowest BCUT2D eigenvalue weighted by Crippen LogP contribution is -2.26. The zero-order valence-electron chi connectivity index (χ0n) is 9.67. The molecule has 5 nitrogen and oxygen atoms in total. The second-order valence-electron chi connectivity index (χ2n) is 4.39. The number of likely N-dealkylation sites (tertiary alicyclic amines) is 1. The van der Waals surface area contributed by atoms with Gasteiger partial charge in [0, 0.05) is 19.1 Å². The van der Waals surface area contributed by atoms with E-state index in [1.165, 1.54) is 0 Å². The lowest BCUT2D eigenvalue weighted by atomic mass is 10.3. The van der Waals surface area contributed by atoms with E-state index in [-0.39, 0.29) is 6.04 Å². The Bertz CT molecular complexity index is 541. The minimum atomic E-state index is 0.278. The number of nitrogens with zero attached hydrogens (tertiary/aromatic N) is 3. The van der Waals surface area contributed by atoms with Crippen LogP contribution in [0.25, 0.3) is 10.8 Å². The second kappa shape index (κ2) is 5.08. The molecule has 18 heavy (non-hydrogen) atoms. The smallest absolute Gasteiger partial charge is 0.257 e. The number of hydrogen-bond acceptors (Lipinski definition) is 6. The molecule has 0 amide bonds. The Kier molecular flexibility index (Phi) is 3.47. The summed E-state index contributed by atoms with van der Waals surface area (Å²) < 4.78 is 6.72. The monoisotopic (exact) mass is 328 g/mol. The summed E-state index contributed by atoms with van der Waals surface area (Å²) >= 11 is 5.00. The van der Waals surface area contributed by atoms with Crippen LogP contribution in [0.5, 0.6) is 0 Å². The Morgan fingerprint density at radius 1 is 1.50 bits per heavy atom. The minimum absolute atomic E-state index is 0.278. The molecule has 96 valence electrons. The molecule has 1 aliphatic rings. The maximum Gasteiger partial charge on any atom is 0.257 e. The molecule has 0 saturated carbocycles. The van der Waals surface area contributed by atoms with Crippen LogP contribution in [0.4, 0.5) is 0 Å². The van der Waals surface area contributed by atoms with Crippen molar-refractivity contribution in [1.82, 2.24) is 15.1 Å². The van der Waals surface area contributed by atoms with Gasteiger partial charge in [0.05, 0.1) is 15.2 Å². The van der Waals surface area contributed by atoms with Crippen molar-refractivity contribution in [2.45, 2.75) is 19.0 Å². The fourth-order valence-electron chi connectivity index (χ4n) is 2.04. The van der Waals surface area contributed by atoms with E-state index in [0.717, 1.165) is 28.2 Å². The van der Waals surface area contributed by atoms with E-state index >= 15 is 0 Å². The zero-order chi connectivity index (χ0) is 12.5. The maximum atomic E-state index is 5.87. The molecule has 1 fully saturated rings. The molecule has 0 aliphatic carbocycles. The lowest BCUT2D eigenvalue weighted by Gasteiger charge is -2.11. The Labute approximate surface area is 117 Å². The number of hydrogen-bond donors (Lipinski definition) is 1. The van der Waals surface area contributed by atoms with Gasteiger partial charge in [0.25, 0.3) is 5.89 Å². The minimum Gasteiger partial charge on any atom is -0.419 e. The molecule has 0 spiro atoms.